The molecule has 1 amide bonds. The zero-order valence-electron chi connectivity index (χ0n) is 9.71. The molecule has 7 heteroatoms. The van der Waals surface area contributed by atoms with Gasteiger partial charge in [0.25, 0.3) is 5.91 Å². The van der Waals surface area contributed by atoms with Crippen LogP contribution in [0.2, 0.25) is 0 Å². The van der Waals surface area contributed by atoms with Crippen LogP contribution in [0.1, 0.15) is 21.6 Å². The van der Waals surface area contributed by atoms with Gasteiger partial charge in [0, 0.05) is 5.56 Å². The van der Waals surface area contributed by atoms with Gasteiger partial charge in [0.1, 0.15) is 11.5 Å². The first kappa shape index (κ1) is 12.7. The topological polar surface area (TPSA) is 84.7 Å². The molecule has 3 N–H and O–H groups in total. The summed E-state index contributed by atoms with van der Waals surface area (Å²) in [7, 11) is 0. The number of halogens is 2. The summed E-state index contributed by atoms with van der Waals surface area (Å²) in [4.78, 5) is 11.2. The average Bonchev–Trinajstić information content (AvgIpc) is 2.75. The van der Waals surface area contributed by atoms with Gasteiger partial charge in [0.2, 0.25) is 0 Å². The molecule has 0 radical (unpaired) electrons. The highest BCUT2D eigenvalue weighted by molar-refractivity contribution is 9.10. The van der Waals surface area contributed by atoms with Gasteiger partial charge >= 0.3 is 0 Å². The van der Waals surface area contributed by atoms with Crippen LogP contribution < -0.4 is 5.73 Å². The number of nitrogens with two attached hydrogens (primary N) is 1. The van der Waals surface area contributed by atoms with E-state index < -0.39 is 5.91 Å². The Bertz CT molecular complexity index is 638. The first-order valence-corrected chi connectivity index (χ1v) is 5.89. The van der Waals surface area contributed by atoms with Crippen LogP contribution in [-0.2, 0) is 0 Å². The van der Waals surface area contributed by atoms with Gasteiger partial charge in [0.05, 0.1) is 4.47 Å². The van der Waals surface area contributed by atoms with Crippen LogP contribution in [0, 0.1) is 19.7 Å². The maximum absolute atomic E-state index is 13.5. The molecule has 1 heterocycles. The molecule has 0 aliphatic rings. The second kappa shape index (κ2) is 4.49. The maximum Gasteiger partial charge on any atom is 0.271 e. The zero-order valence-corrected chi connectivity index (χ0v) is 11.3. The summed E-state index contributed by atoms with van der Waals surface area (Å²) in [6.45, 7) is 3.46. The second-order valence-electron chi connectivity index (χ2n) is 3.87. The van der Waals surface area contributed by atoms with Crippen molar-refractivity contribution in [3.05, 3.63) is 33.2 Å². The smallest absolute Gasteiger partial charge is 0.271 e. The van der Waals surface area contributed by atoms with E-state index in [0.717, 1.165) is 0 Å². The van der Waals surface area contributed by atoms with E-state index >= 15 is 0 Å². The fourth-order valence-electron chi connectivity index (χ4n) is 1.85. The van der Waals surface area contributed by atoms with Crippen molar-refractivity contribution in [2.24, 2.45) is 5.73 Å². The second-order valence-corrected chi connectivity index (χ2v) is 4.67. The maximum atomic E-state index is 13.5. The molecule has 1 aromatic carbocycles. The van der Waals surface area contributed by atoms with Crippen molar-refractivity contribution >= 4 is 21.8 Å². The summed E-state index contributed by atoms with van der Waals surface area (Å²) in [6.07, 6.45) is 0. The van der Waals surface area contributed by atoms with Gasteiger partial charge in [-0.1, -0.05) is 0 Å². The Morgan fingerprint density at radius 2 is 2.11 bits per heavy atom. The minimum atomic E-state index is -0.682. The van der Waals surface area contributed by atoms with Crippen molar-refractivity contribution in [3.63, 3.8) is 0 Å². The summed E-state index contributed by atoms with van der Waals surface area (Å²) >= 11 is 3.16. The van der Waals surface area contributed by atoms with Gasteiger partial charge < -0.3 is 5.73 Å². The van der Waals surface area contributed by atoms with Crippen LogP contribution in [0.25, 0.3) is 11.3 Å². The Kier molecular flexibility index (Phi) is 3.16. The highest BCUT2D eigenvalue weighted by Crippen LogP contribution is 2.33. The molecule has 94 valence electrons. The predicted molar refractivity (Wildman–Crippen MR) is 67.5 cm³/mol. The van der Waals surface area contributed by atoms with Crippen molar-refractivity contribution in [2.75, 3.05) is 0 Å². The summed E-state index contributed by atoms with van der Waals surface area (Å²) < 4.78 is 13.9. The van der Waals surface area contributed by atoms with Crippen molar-refractivity contribution in [1.29, 1.82) is 0 Å². The van der Waals surface area contributed by atoms with E-state index in [1.165, 1.54) is 6.07 Å². The van der Waals surface area contributed by atoms with Crippen LogP contribution in [-0.4, -0.2) is 21.3 Å². The highest BCUT2D eigenvalue weighted by atomic mass is 79.9. The molecule has 0 saturated heterocycles. The van der Waals surface area contributed by atoms with Crippen LogP contribution in [0.15, 0.2) is 10.5 Å². The molecular weight excluding hydrogens is 303 g/mol. The number of amides is 1. The van der Waals surface area contributed by atoms with Crippen LogP contribution in [0.3, 0.4) is 0 Å². The van der Waals surface area contributed by atoms with E-state index in [1.807, 2.05) is 0 Å². The van der Waals surface area contributed by atoms with Crippen molar-refractivity contribution in [1.82, 2.24) is 15.4 Å². The number of hydrogen-bond donors (Lipinski definition) is 2. The van der Waals surface area contributed by atoms with E-state index in [4.69, 9.17) is 5.73 Å². The highest BCUT2D eigenvalue weighted by Gasteiger charge is 2.21. The lowest BCUT2D eigenvalue weighted by molar-refractivity contribution is 0.0996. The number of nitrogens with one attached hydrogen (secondary N) is 1. The van der Waals surface area contributed by atoms with Gasteiger partial charge in [-0.3, -0.25) is 4.79 Å². The Morgan fingerprint density at radius 3 is 2.72 bits per heavy atom. The number of aromatic nitrogens is 3. The molecule has 0 unspecified atom stereocenters. The molecule has 2 aromatic rings. The van der Waals surface area contributed by atoms with E-state index in [9.17, 15) is 9.18 Å². The number of primary amides is 1. The van der Waals surface area contributed by atoms with Gasteiger partial charge in [-0.05, 0) is 47.0 Å². The Labute approximate surface area is 111 Å². The molecule has 0 aliphatic heterocycles. The van der Waals surface area contributed by atoms with Crippen molar-refractivity contribution in [2.45, 2.75) is 13.8 Å². The molecular formula is C11H10BrFN4O. The number of carbonyl (C=O) groups excluding carboxylic acids is 1. The first-order valence-electron chi connectivity index (χ1n) is 5.09. The predicted octanol–water partition coefficient (Wildman–Crippen LogP) is 2.09. The standard InChI is InChI=1S/C11H10BrFN4O/c1-4-3-6(13)8(12)5(2)7(4)9-10(11(14)18)16-17-15-9/h3H,1-2H3,(H2,14,18)(H,15,16,17). The van der Waals surface area contributed by atoms with Gasteiger partial charge in [-0.15, -0.1) is 0 Å². The minimum absolute atomic E-state index is 0.0414. The summed E-state index contributed by atoms with van der Waals surface area (Å²) in [6, 6.07) is 1.37. The van der Waals surface area contributed by atoms with Gasteiger partial charge in [-0.2, -0.15) is 15.4 Å². The Morgan fingerprint density at radius 1 is 1.44 bits per heavy atom. The monoisotopic (exact) mass is 312 g/mol. The van der Waals surface area contributed by atoms with Gasteiger partial charge in [0.15, 0.2) is 5.69 Å². The van der Waals surface area contributed by atoms with Crippen molar-refractivity contribution < 1.29 is 9.18 Å². The molecule has 1 aromatic heterocycles. The average molecular weight is 313 g/mol. The number of H-pyrrole nitrogens is 1. The van der Waals surface area contributed by atoms with E-state index in [2.05, 4.69) is 31.3 Å². The summed E-state index contributed by atoms with van der Waals surface area (Å²) in [5.41, 5.74) is 7.53. The first-order chi connectivity index (χ1) is 8.43. The molecule has 0 spiro atoms. The quantitative estimate of drug-likeness (QED) is 0.890. The molecule has 2 rings (SSSR count). The number of aromatic amines is 1. The lowest BCUT2D eigenvalue weighted by Gasteiger charge is -2.10. The third-order valence-corrected chi connectivity index (χ3v) is 3.64. The SMILES string of the molecule is Cc1cc(F)c(Br)c(C)c1-c1n[nH]nc1C(N)=O. The minimum Gasteiger partial charge on any atom is -0.364 e. The normalized spacial score (nSPS) is 10.7. The third kappa shape index (κ3) is 1.90. The molecule has 0 aliphatic carbocycles. The van der Waals surface area contributed by atoms with E-state index in [0.29, 0.717) is 26.9 Å². The molecule has 0 atom stereocenters. The number of carbonyl (C=O) groups is 1. The summed E-state index contributed by atoms with van der Waals surface area (Å²) in [5, 5.41) is 9.98. The Hall–Kier alpha value is -1.76. The lowest BCUT2D eigenvalue weighted by atomic mass is 9.98. The third-order valence-electron chi connectivity index (χ3n) is 2.67. The number of benzene rings is 1. The molecule has 18 heavy (non-hydrogen) atoms. The Balaban J connectivity index is 2.75. The van der Waals surface area contributed by atoms with Crippen LogP contribution in [0.4, 0.5) is 4.39 Å². The molecule has 0 fully saturated rings. The van der Waals surface area contributed by atoms with Crippen molar-refractivity contribution in [3.8, 4) is 11.3 Å². The number of rotatable bonds is 2. The number of aryl methyl sites for hydroxylation is 1. The largest absolute Gasteiger partial charge is 0.364 e. The fraction of sp³-hybridized carbons (Fsp3) is 0.182. The molecule has 0 bridgehead atoms. The lowest BCUT2D eigenvalue weighted by Crippen LogP contribution is -2.13. The van der Waals surface area contributed by atoms with Crippen LogP contribution in [0.5, 0.6) is 0 Å². The molecule has 5 nitrogen and oxygen atoms in total. The van der Waals surface area contributed by atoms with E-state index in [-0.39, 0.29) is 11.5 Å². The van der Waals surface area contributed by atoms with E-state index in [1.54, 1.807) is 13.8 Å². The zero-order chi connectivity index (χ0) is 13.4. The van der Waals surface area contributed by atoms with Crippen LogP contribution >= 0.6 is 15.9 Å². The molecule has 0 saturated carbocycles. The number of hydrogen-bond acceptors (Lipinski definition) is 3. The summed E-state index contributed by atoms with van der Waals surface area (Å²) in [5.74, 6) is -1.05. The fourth-order valence-corrected chi connectivity index (χ4v) is 2.16. The number of nitrogens with zero attached hydrogens (tertiary/aromatic N) is 2. The van der Waals surface area contributed by atoms with Gasteiger partial charge in [-0.25, -0.2) is 4.39 Å².